The Morgan fingerprint density at radius 1 is 1.12 bits per heavy atom. The molecule has 2 nitrogen and oxygen atoms in total. The van der Waals surface area contributed by atoms with Gasteiger partial charge in [-0.3, -0.25) is 0 Å². The first-order valence-corrected chi connectivity index (χ1v) is 6.48. The van der Waals surface area contributed by atoms with Crippen molar-refractivity contribution in [3.8, 4) is 0 Å². The van der Waals surface area contributed by atoms with E-state index in [0.717, 1.165) is 23.4 Å². The van der Waals surface area contributed by atoms with Crippen LogP contribution in [0.2, 0.25) is 0 Å². The van der Waals surface area contributed by atoms with Gasteiger partial charge < -0.3 is 4.90 Å². The molecule has 3 rings (SSSR count). The molecule has 17 heavy (non-hydrogen) atoms. The van der Waals surface area contributed by atoms with Gasteiger partial charge in [0.1, 0.15) is 5.82 Å². The molecule has 1 aliphatic rings. The van der Waals surface area contributed by atoms with Crippen LogP contribution in [0, 0.1) is 6.92 Å². The third kappa shape index (κ3) is 1.84. The molecule has 2 heterocycles. The van der Waals surface area contributed by atoms with Crippen LogP contribution in [-0.2, 0) is 13.1 Å². The predicted molar refractivity (Wildman–Crippen MR) is 73.0 cm³/mol. The topological polar surface area (TPSA) is 16.1 Å². The Labute approximate surface area is 109 Å². The van der Waals surface area contributed by atoms with Crippen molar-refractivity contribution in [1.82, 2.24) is 4.98 Å². The van der Waals surface area contributed by atoms with Crippen molar-refractivity contribution in [2.24, 2.45) is 0 Å². The Morgan fingerprint density at radius 2 is 1.76 bits per heavy atom. The van der Waals surface area contributed by atoms with Gasteiger partial charge in [-0.15, -0.1) is 0 Å². The van der Waals surface area contributed by atoms with Crippen molar-refractivity contribution >= 4 is 21.7 Å². The minimum Gasteiger partial charge on any atom is -0.347 e. The van der Waals surface area contributed by atoms with E-state index in [1.165, 1.54) is 16.7 Å². The Morgan fingerprint density at radius 3 is 2.41 bits per heavy atom. The fourth-order valence-corrected chi connectivity index (χ4v) is 2.71. The van der Waals surface area contributed by atoms with Crippen LogP contribution < -0.4 is 4.90 Å². The summed E-state index contributed by atoms with van der Waals surface area (Å²) in [5.74, 6) is 1.04. The average molecular weight is 289 g/mol. The zero-order valence-corrected chi connectivity index (χ0v) is 11.2. The number of benzene rings is 1. The number of hydrogen-bond donors (Lipinski definition) is 0. The van der Waals surface area contributed by atoms with Crippen LogP contribution >= 0.6 is 15.9 Å². The Kier molecular flexibility index (Phi) is 2.63. The maximum absolute atomic E-state index is 4.48. The molecule has 0 unspecified atom stereocenters. The van der Waals surface area contributed by atoms with Crippen LogP contribution in [0.3, 0.4) is 0 Å². The summed E-state index contributed by atoms with van der Waals surface area (Å²) in [6.07, 6.45) is 1.87. The predicted octanol–water partition coefficient (Wildman–Crippen LogP) is 3.67. The van der Waals surface area contributed by atoms with Gasteiger partial charge in [0.25, 0.3) is 0 Å². The number of aromatic nitrogens is 1. The fourth-order valence-electron chi connectivity index (χ4n) is 2.23. The minimum atomic E-state index is 0.950. The van der Waals surface area contributed by atoms with Gasteiger partial charge in [0.15, 0.2) is 0 Å². The molecule has 0 bridgehead atoms. The number of hydrogen-bond acceptors (Lipinski definition) is 2. The lowest BCUT2D eigenvalue weighted by atomic mass is 10.1. The van der Waals surface area contributed by atoms with Gasteiger partial charge >= 0.3 is 0 Å². The molecule has 86 valence electrons. The van der Waals surface area contributed by atoms with Crippen LogP contribution in [-0.4, -0.2) is 4.98 Å². The lowest BCUT2D eigenvalue weighted by Crippen LogP contribution is -2.16. The van der Waals surface area contributed by atoms with Crippen LogP contribution in [0.5, 0.6) is 0 Å². The van der Waals surface area contributed by atoms with Crippen molar-refractivity contribution in [3.05, 3.63) is 57.7 Å². The SMILES string of the molecule is Cc1ccnc(N2Cc3ccccc3C2)c1Br. The van der Waals surface area contributed by atoms with Crippen molar-refractivity contribution in [2.75, 3.05) is 4.90 Å². The quantitative estimate of drug-likeness (QED) is 0.796. The highest BCUT2D eigenvalue weighted by Gasteiger charge is 2.21. The largest absolute Gasteiger partial charge is 0.347 e. The van der Waals surface area contributed by atoms with Gasteiger partial charge in [0.05, 0.1) is 4.47 Å². The first-order chi connectivity index (χ1) is 8.25. The Bertz CT molecular complexity index is 541. The standard InChI is InChI=1S/C14H13BrN2/c1-10-6-7-16-14(13(10)15)17-8-11-4-2-3-5-12(11)9-17/h2-7H,8-9H2,1H3. The van der Waals surface area contributed by atoms with E-state index in [0.29, 0.717) is 0 Å². The zero-order valence-electron chi connectivity index (χ0n) is 9.65. The molecule has 0 N–H and O–H groups in total. The first-order valence-electron chi connectivity index (χ1n) is 5.68. The molecule has 1 aromatic carbocycles. The third-order valence-electron chi connectivity index (χ3n) is 3.20. The van der Waals surface area contributed by atoms with E-state index >= 15 is 0 Å². The maximum Gasteiger partial charge on any atom is 0.143 e. The van der Waals surface area contributed by atoms with Gasteiger partial charge in [-0.2, -0.15) is 0 Å². The molecule has 0 radical (unpaired) electrons. The lowest BCUT2D eigenvalue weighted by molar-refractivity contribution is 0.851. The number of nitrogens with zero attached hydrogens (tertiary/aromatic N) is 2. The highest BCUT2D eigenvalue weighted by atomic mass is 79.9. The van der Waals surface area contributed by atoms with Crippen LogP contribution in [0.15, 0.2) is 41.0 Å². The number of aryl methyl sites for hydroxylation is 1. The van der Waals surface area contributed by atoms with Gasteiger partial charge in [-0.05, 0) is 45.6 Å². The molecular formula is C14H13BrN2. The number of halogens is 1. The second kappa shape index (κ2) is 4.15. The summed E-state index contributed by atoms with van der Waals surface area (Å²) in [6.45, 7) is 3.99. The molecular weight excluding hydrogens is 276 g/mol. The Balaban J connectivity index is 1.97. The van der Waals surface area contributed by atoms with Gasteiger partial charge in [0.2, 0.25) is 0 Å². The molecule has 0 aliphatic carbocycles. The van der Waals surface area contributed by atoms with Crippen LogP contribution in [0.25, 0.3) is 0 Å². The minimum absolute atomic E-state index is 0.950. The highest BCUT2D eigenvalue weighted by molar-refractivity contribution is 9.10. The van der Waals surface area contributed by atoms with Gasteiger partial charge in [0, 0.05) is 19.3 Å². The van der Waals surface area contributed by atoms with E-state index in [4.69, 9.17) is 0 Å². The van der Waals surface area contributed by atoms with Gasteiger partial charge in [-0.1, -0.05) is 24.3 Å². The molecule has 1 aromatic heterocycles. The molecule has 0 atom stereocenters. The summed E-state index contributed by atoms with van der Waals surface area (Å²) < 4.78 is 1.10. The normalized spacial score (nSPS) is 13.9. The molecule has 0 saturated heterocycles. The van der Waals surface area contributed by atoms with Crippen molar-refractivity contribution in [1.29, 1.82) is 0 Å². The van der Waals surface area contributed by atoms with E-state index in [1.807, 2.05) is 12.3 Å². The van der Waals surface area contributed by atoms with E-state index < -0.39 is 0 Å². The highest BCUT2D eigenvalue weighted by Crippen LogP contribution is 2.32. The number of anilines is 1. The number of rotatable bonds is 1. The first kappa shape index (κ1) is 10.8. The number of fused-ring (bicyclic) bond motifs is 1. The third-order valence-corrected chi connectivity index (χ3v) is 4.18. The van der Waals surface area contributed by atoms with E-state index in [9.17, 15) is 0 Å². The van der Waals surface area contributed by atoms with Crippen LogP contribution in [0.4, 0.5) is 5.82 Å². The summed E-state index contributed by atoms with van der Waals surface area (Å²) in [4.78, 5) is 6.79. The molecule has 0 amide bonds. The van der Waals surface area contributed by atoms with Crippen molar-refractivity contribution < 1.29 is 0 Å². The van der Waals surface area contributed by atoms with Crippen molar-refractivity contribution in [2.45, 2.75) is 20.0 Å². The Hall–Kier alpha value is -1.35. The average Bonchev–Trinajstić information content (AvgIpc) is 2.76. The van der Waals surface area contributed by atoms with Crippen molar-refractivity contribution in [3.63, 3.8) is 0 Å². The molecule has 0 fully saturated rings. The second-order valence-corrected chi connectivity index (χ2v) is 5.18. The number of pyridine rings is 1. The summed E-state index contributed by atoms with van der Waals surface area (Å²) in [5, 5.41) is 0. The van der Waals surface area contributed by atoms with Gasteiger partial charge in [-0.25, -0.2) is 4.98 Å². The summed E-state index contributed by atoms with van der Waals surface area (Å²) in [5.41, 5.74) is 4.04. The molecule has 0 saturated carbocycles. The zero-order chi connectivity index (χ0) is 11.8. The van der Waals surface area contributed by atoms with E-state index in [1.54, 1.807) is 0 Å². The summed E-state index contributed by atoms with van der Waals surface area (Å²) in [7, 11) is 0. The van der Waals surface area contributed by atoms with E-state index in [2.05, 4.69) is 57.0 Å². The molecule has 0 spiro atoms. The summed E-state index contributed by atoms with van der Waals surface area (Å²) in [6, 6.07) is 10.6. The molecule has 2 aromatic rings. The summed E-state index contributed by atoms with van der Waals surface area (Å²) >= 11 is 3.63. The maximum atomic E-state index is 4.48. The molecule has 1 aliphatic heterocycles. The van der Waals surface area contributed by atoms with E-state index in [-0.39, 0.29) is 0 Å². The smallest absolute Gasteiger partial charge is 0.143 e. The van der Waals surface area contributed by atoms with Crippen LogP contribution in [0.1, 0.15) is 16.7 Å². The second-order valence-electron chi connectivity index (χ2n) is 4.39. The molecule has 3 heteroatoms. The lowest BCUT2D eigenvalue weighted by Gasteiger charge is -2.18. The monoisotopic (exact) mass is 288 g/mol. The fraction of sp³-hybridized carbons (Fsp3) is 0.214.